The molecule has 0 bridgehead atoms. The molecule has 4 rings (SSSR count). The van der Waals surface area contributed by atoms with Crippen molar-refractivity contribution in [2.24, 2.45) is 0 Å². The Balaban J connectivity index is 1.39. The Bertz CT molecular complexity index is 869. The Kier molecular flexibility index (Phi) is 4.36. The van der Waals surface area contributed by atoms with Gasteiger partial charge in [-0.25, -0.2) is 14.2 Å². The number of piperidine rings is 1. The average molecular weight is 355 g/mol. The van der Waals surface area contributed by atoms with E-state index >= 15 is 0 Å². The lowest BCUT2D eigenvalue weighted by molar-refractivity contribution is 0.194. The number of thiazole rings is 1. The van der Waals surface area contributed by atoms with Crippen LogP contribution in [0.25, 0.3) is 10.2 Å². The van der Waals surface area contributed by atoms with E-state index < -0.39 is 5.82 Å². The minimum atomic E-state index is -0.416. The molecule has 1 aliphatic heterocycles. The molecule has 6 heteroatoms. The van der Waals surface area contributed by atoms with Gasteiger partial charge in [-0.1, -0.05) is 24.3 Å². The van der Waals surface area contributed by atoms with Crippen molar-refractivity contribution in [3.8, 4) is 0 Å². The number of carbonyl (C=O) groups excluding carboxylic acids is 1. The van der Waals surface area contributed by atoms with Gasteiger partial charge in [-0.2, -0.15) is 0 Å². The fourth-order valence-electron chi connectivity index (χ4n) is 3.15. The second-order valence-electron chi connectivity index (χ2n) is 6.19. The highest BCUT2D eigenvalue weighted by atomic mass is 32.1. The van der Waals surface area contributed by atoms with Crippen LogP contribution in [0.15, 0.2) is 48.5 Å². The summed E-state index contributed by atoms with van der Waals surface area (Å²) in [5, 5.41) is 3.80. The molecule has 0 spiro atoms. The van der Waals surface area contributed by atoms with E-state index in [2.05, 4.69) is 11.4 Å². The quantitative estimate of drug-likeness (QED) is 0.714. The molecule has 0 atom stereocenters. The predicted octanol–water partition coefficient (Wildman–Crippen LogP) is 4.85. The maximum Gasteiger partial charge on any atom is 0.321 e. The van der Waals surface area contributed by atoms with Crippen molar-refractivity contribution in [1.82, 2.24) is 9.88 Å². The fourth-order valence-corrected chi connectivity index (χ4v) is 4.29. The number of rotatable bonds is 2. The van der Waals surface area contributed by atoms with Gasteiger partial charge in [0, 0.05) is 19.0 Å². The summed E-state index contributed by atoms with van der Waals surface area (Å²) < 4.78 is 14.9. The number of hydrogen-bond donors (Lipinski definition) is 1. The van der Waals surface area contributed by atoms with Crippen LogP contribution in [0.4, 0.5) is 14.9 Å². The normalized spacial score (nSPS) is 15.5. The number of halogens is 1. The SMILES string of the molecule is O=C(Nc1ccccc1F)N1CCC(c2nc3ccccc3s2)CC1. The average Bonchev–Trinajstić information content (AvgIpc) is 3.08. The molecular weight excluding hydrogens is 337 g/mol. The van der Waals surface area contributed by atoms with E-state index in [0.29, 0.717) is 19.0 Å². The Morgan fingerprint density at radius 3 is 2.60 bits per heavy atom. The van der Waals surface area contributed by atoms with Crippen LogP contribution in [0.2, 0.25) is 0 Å². The molecule has 2 heterocycles. The van der Waals surface area contributed by atoms with Gasteiger partial charge in [0.2, 0.25) is 0 Å². The van der Waals surface area contributed by atoms with E-state index in [4.69, 9.17) is 4.98 Å². The minimum Gasteiger partial charge on any atom is -0.324 e. The smallest absolute Gasteiger partial charge is 0.321 e. The number of aromatic nitrogens is 1. The third-order valence-corrected chi connectivity index (χ3v) is 5.76. The monoisotopic (exact) mass is 355 g/mol. The van der Waals surface area contributed by atoms with Crippen molar-refractivity contribution in [1.29, 1.82) is 0 Å². The number of anilines is 1. The molecule has 0 unspecified atom stereocenters. The zero-order valence-corrected chi connectivity index (χ0v) is 14.4. The first-order valence-corrected chi connectivity index (χ1v) is 9.18. The van der Waals surface area contributed by atoms with Crippen molar-refractivity contribution < 1.29 is 9.18 Å². The van der Waals surface area contributed by atoms with Crippen molar-refractivity contribution in [3.05, 3.63) is 59.4 Å². The number of nitrogens with one attached hydrogen (secondary N) is 1. The van der Waals surface area contributed by atoms with E-state index in [1.807, 2.05) is 18.2 Å². The summed E-state index contributed by atoms with van der Waals surface area (Å²) in [5.74, 6) is -0.0323. The number of urea groups is 1. The summed E-state index contributed by atoms with van der Waals surface area (Å²) >= 11 is 1.74. The molecule has 1 fully saturated rings. The molecule has 1 aromatic heterocycles. The van der Waals surface area contributed by atoms with Crippen LogP contribution < -0.4 is 5.32 Å². The van der Waals surface area contributed by atoms with Gasteiger partial charge in [-0.05, 0) is 37.1 Å². The first-order valence-electron chi connectivity index (χ1n) is 8.36. The fraction of sp³-hybridized carbons (Fsp3) is 0.263. The largest absolute Gasteiger partial charge is 0.324 e. The molecule has 0 saturated carbocycles. The highest BCUT2D eigenvalue weighted by molar-refractivity contribution is 7.18. The molecule has 0 aliphatic carbocycles. The van der Waals surface area contributed by atoms with Crippen LogP contribution >= 0.6 is 11.3 Å². The van der Waals surface area contributed by atoms with Crippen molar-refractivity contribution in [3.63, 3.8) is 0 Å². The van der Waals surface area contributed by atoms with Gasteiger partial charge < -0.3 is 10.2 Å². The highest BCUT2D eigenvalue weighted by Crippen LogP contribution is 2.33. The van der Waals surface area contributed by atoms with Gasteiger partial charge in [-0.15, -0.1) is 11.3 Å². The number of benzene rings is 2. The van der Waals surface area contributed by atoms with Crippen LogP contribution in [0, 0.1) is 5.82 Å². The number of nitrogens with zero attached hydrogens (tertiary/aromatic N) is 2. The lowest BCUT2D eigenvalue weighted by Crippen LogP contribution is -2.40. The first-order chi connectivity index (χ1) is 12.2. The lowest BCUT2D eigenvalue weighted by Gasteiger charge is -2.31. The van der Waals surface area contributed by atoms with Gasteiger partial charge in [0.15, 0.2) is 0 Å². The summed E-state index contributed by atoms with van der Waals surface area (Å²) in [6.07, 6.45) is 1.76. The van der Waals surface area contributed by atoms with Crippen LogP contribution in [0.5, 0.6) is 0 Å². The van der Waals surface area contributed by atoms with Gasteiger partial charge >= 0.3 is 6.03 Å². The Hall–Kier alpha value is -2.47. The molecule has 3 aromatic rings. The second kappa shape index (κ2) is 6.80. The Morgan fingerprint density at radius 1 is 1.12 bits per heavy atom. The van der Waals surface area contributed by atoms with E-state index in [1.54, 1.807) is 34.4 Å². The van der Waals surface area contributed by atoms with Crippen molar-refractivity contribution in [2.45, 2.75) is 18.8 Å². The zero-order valence-electron chi connectivity index (χ0n) is 13.6. The zero-order chi connectivity index (χ0) is 17.2. The molecule has 2 amide bonds. The predicted molar refractivity (Wildman–Crippen MR) is 98.6 cm³/mol. The molecule has 1 aliphatic rings. The third-order valence-electron chi connectivity index (χ3n) is 4.56. The highest BCUT2D eigenvalue weighted by Gasteiger charge is 2.26. The molecule has 4 nitrogen and oxygen atoms in total. The third kappa shape index (κ3) is 3.35. The van der Waals surface area contributed by atoms with E-state index in [9.17, 15) is 9.18 Å². The summed E-state index contributed by atoms with van der Waals surface area (Å²) in [5.41, 5.74) is 1.27. The number of likely N-dealkylation sites (tertiary alicyclic amines) is 1. The number of hydrogen-bond acceptors (Lipinski definition) is 3. The number of para-hydroxylation sites is 2. The van der Waals surface area contributed by atoms with Gasteiger partial charge in [-0.3, -0.25) is 0 Å². The number of fused-ring (bicyclic) bond motifs is 1. The molecule has 0 radical (unpaired) electrons. The molecule has 1 saturated heterocycles. The van der Waals surface area contributed by atoms with Crippen LogP contribution in [0.3, 0.4) is 0 Å². The second-order valence-corrected chi connectivity index (χ2v) is 7.25. The number of carbonyl (C=O) groups is 1. The summed E-state index contributed by atoms with van der Waals surface area (Å²) in [4.78, 5) is 18.8. The number of amides is 2. The van der Waals surface area contributed by atoms with E-state index in [0.717, 1.165) is 23.4 Å². The van der Waals surface area contributed by atoms with Crippen LogP contribution in [-0.4, -0.2) is 29.0 Å². The van der Waals surface area contributed by atoms with E-state index in [1.165, 1.54) is 10.8 Å². The van der Waals surface area contributed by atoms with Gasteiger partial charge in [0.1, 0.15) is 5.82 Å². The summed E-state index contributed by atoms with van der Waals surface area (Å²) in [6.45, 7) is 1.31. The molecule has 2 aromatic carbocycles. The molecule has 25 heavy (non-hydrogen) atoms. The van der Waals surface area contributed by atoms with Crippen LogP contribution in [0.1, 0.15) is 23.8 Å². The maximum atomic E-state index is 13.7. The molecule has 1 N–H and O–H groups in total. The van der Waals surface area contributed by atoms with Crippen molar-refractivity contribution in [2.75, 3.05) is 18.4 Å². The topological polar surface area (TPSA) is 45.2 Å². The lowest BCUT2D eigenvalue weighted by atomic mass is 9.98. The van der Waals surface area contributed by atoms with E-state index in [-0.39, 0.29) is 11.7 Å². The summed E-state index contributed by atoms with van der Waals surface area (Å²) in [7, 11) is 0. The van der Waals surface area contributed by atoms with Gasteiger partial charge in [0.05, 0.1) is 20.9 Å². The minimum absolute atomic E-state index is 0.223. The van der Waals surface area contributed by atoms with Crippen molar-refractivity contribution >= 4 is 33.3 Å². The first kappa shape index (κ1) is 16.0. The molecular formula is C19H18FN3OS. The standard InChI is InChI=1S/C19H18FN3OS/c20-14-5-1-2-6-15(14)22-19(24)23-11-9-13(10-12-23)18-21-16-7-3-4-8-17(16)25-18/h1-8,13H,9-12H2,(H,22,24). The van der Waals surface area contributed by atoms with Crippen LogP contribution in [-0.2, 0) is 0 Å². The molecule has 128 valence electrons. The van der Waals surface area contributed by atoms with Gasteiger partial charge in [0.25, 0.3) is 0 Å². The maximum absolute atomic E-state index is 13.7. The Morgan fingerprint density at radius 2 is 1.84 bits per heavy atom. The summed E-state index contributed by atoms with van der Waals surface area (Å²) in [6, 6.07) is 14.1. The Labute approximate surface area is 149 Å².